The average molecular weight is 185 g/mol. The summed E-state index contributed by atoms with van der Waals surface area (Å²) in [5.41, 5.74) is 5.16. The summed E-state index contributed by atoms with van der Waals surface area (Å²) in [5.74, 6) is 0.712. The van der Waals surface area contributed by atoms with E-state index in [9.17, 15) is 5.11 Å². The monoisotopic (exact) mass is 185 g/mol. The summed E-state index contributed by atoms with van der Waals surface area (Å²) in [6.45, 7) is 6.67. The third kappa shape index (κ3) is 2.05. The van der Waals surface area contributed by atoms with E-state index in [1.807, 2.05) is 13.8 Å². The molecule has 1 saturated carbocycles. The van der Waals surface area contributed by atoms with E-state index >= 15 is 0 Å². The third-order valence-corrected chi connectivity index (χ3v) is 3.78. The Morgan fingerprint density at radius 3 is 2.46 bits per heavy atom. The van der Waals surface area contributed by atoms with Gasteiger partial charge in [-0.05, 0) is 32.6 Å². The minimum atomic E-state index is -0.629. The fraction of sp³-hybridized carbons (Fsp3) is 1.00. The van der Waals surface area contributed by atoms with Crippen LogP contribution in [0.5, 0.6) is 0 Å². The first kappa shape index (κ1) is 11.0. The van der Waals surface area contributed by atoms with E-state index in [0.717, 1.165) is 12.8 Å². The molecule has 0 aromatic carbocycles. The van der Waals surface area contributed by atoms with Crippen molar-refractivity contribution in [2.75, 3.05) is 6.54 Å². The second kappa shape index (κ2) is 3.58. The molecule has 2 unspecified atom stereocenters. The summed E-state index contributed by atoms with van der Waals surface area (Å²) in [6.07, 6.45) is 4.66. The molecule has 0 amide bonds. The Kier molecular flexibility index (Phi) is 3.03. The van der Waals surface area contributed by atoms with E-state index in [1.54, 1.807) is 0 Å². The molecule has 78 valence electrons. The lowest BCUT2D eigenvalue weighted by atomic mass is 9.62. The molecule has 0 spiro atoms. The van der Waals surface area contributed by atoms with E-state index < -0.39 is 5.60 Å². The predicted molar refractivity (Wildman–Crippen MR) is 55.4 cm³/mol. The Morgan fingerprint density at radius 1 is 1.54 bits per heavy atom. The fourth-order valence-corrected chi connectivity index (χ4v) is 2.65. The molecule has 0 heterocycles. The van der Waals surface area contributed by atoms with Gasteiger partial charge in [0.25, 0.3) is 0 Å². The maximum Gasteiger partial charge on any atom is 0.0659 e. The van der Waals surface area contributed by atoms with Crippen molar-refractivity contribution in [1.29, 1.82) is 0 Å². The lowest BCUT2D eigenvalue weighted by Gasteiger charge is -2.47. The van der Waals surface area contributed by atoms with Crippen LogP contribution < -0.4 is 5.73 Å². The number of aliphatic hydroxyl groups is 1. The van der Waals surface area contributed by atoms with Crippen molar-refractivity contribution < 1.29 is 5.11 Å². The number of hydrogen-bond acceptors (Lipinski definition) is 2. The van der Waals surface area contributed by atoms with E-state index in [-0.39, 0.29) is 5.41 Å². The highest BCUT2D eigenvalue weighted by Gasteiger charge is 2.44. The van der Waals surface area contributed by atoms with Crippen LogP contribution >= 0.6 is 0 Å². The molecule has 0 aromatic heterocycles. The summed E-state index contributed by atoms with van der Waals surface area (Å²) in [4.78, 5) is 0. The summed E-state index contributed by atoms with van der Waals surface area (Å²) < 4.78 is 0. The SMILES string of the molecule is CC1CCCC(CN)(C(C)(C)O)C1. The van der Waals surface area contributed by atoms with Crippen molar-refractivity contribution in [1.82, 2.24) is 0 Å². The fourth-order valence-electron chi connectivity index (χ4n) is 2.65. The van der Waals surface area contributed by atoms with Gasteiger partial charge < -0.3 is 10.8 Å². The third-order valence-electron chi connectivity index (χ3n) is 3.78. The van der Waals surface area contributed by atoms with Gasteiger partial charge in [0.05, 0.1) is 5.60 Å². The van der Waals surface area contributed by atoms with Gasteiger partial charge >= 0.3 is 0 Å². The molecule has 0 radical (unpaired) electrons. The summed E-state index contributed by atoms with van der Waals surface area (Å²) >= 11 is 0. The van der Waals surface area contributed by atoms with Crippen LogP contribution in [0.4, 0.5) is 0 Å². The summed E-state index contributed by atoms with van der Waals surface area (Å²) in [7, 11) is 0. The molecule has 2 atom stereocenters. The van der Waals surface area contributed by atoms with Crippen molar-refractivity contribution in [2.24, 2.45) is 17.1 Å². The zero-order valence-electron chi connectivity index (χ0n) is 9.14. The van der Waals surface area contributed by atoms with Gasteiger partial charge in [0, 0.05) is 12.0 Å². The molecular formula is C11H23NO. The molecule has 2 nitrogen and oxygen atoms in total. The van der Waals surface area contributed by atoms with E-state index in [0.29, 0.717) is 12.5 Å². The zero-order valence-corrected chi connectivity index (χ0v) is 9.14. The maximum absolute atomic E-state index is 10.1. The van der Waals surface area contributed by atoms with Crippen LogP contribution in [0, 0.1) is 11.3 Å². The normalized spacial score (nSPS) is 36.2. The molecule has 1 aliphatic rings. The first-order valence-corrected chi connectivity index (χ1v) is 5.34. The second-order valence-corrected chi connectivity index (χ2v) is 5.24. The second-order valence-electron chi connectivity index (χ2n) is 5.24. The minimum absolute atomic E-state index is 0.0370. The van der Waals surface area contributed by atoms with Gasteiger partial charge in [0.15, 0.2) is 0 Å². The van der Waals surface area contributed by atoms with Gasteiger partial charge in [-0.2, -0.15) is 0 Å². The van der Waals surface area contributed by atoms with Gasteiger partial charge in [-0.15, -0.1) is 0 Å². The largest absolute Gasteiger partial charge is 0.390 e. The molecule has 0 aromatic rings. The van der Waals surface area contributed by atoms with Crippen molar-refractivity contribution >= 4 is 0 Å². The Hall–Kier alpha value is -0.0800. The van der Waals surface area contributed by atoms with Gasteiger partial charge in [-0.1, -0.05) is 19.8 Å². The van der Waals surface area contributed by atoms with Gasteiger partial charge in [-0.3, -0.25) is 0 Å². The Balaban J connectivity index is 2.79. The molecule has 13 heavy (non-hydrogen) atoms. The van der Waals surface area contributed by atoms with Crippen LogP contribution in [0.15, 0.2) is 0 Å². The van der Waals surface area contributed by atoms with E-state index in [4.69, 9.17) is 5.73 Å². The molecular weight excluding hydrogens is 162 g/mol. The highest BCUT2D eigenvalue weighted by molar-refractivity contribution is 4.97. The number of rotatable bonds is 2. The highest BCUT2D eigenvalue weighted by Crippen LogP contribution is 2.45. The van der Waals surface area contributed by atoms with Crippen LogP contribution in [0.3, 0.4) is 0 Å². The molecule has 1 rings (SSSR count). The first-order valence-electron chi connectivity index (χ1n) is 5.34. The highest BCUT2D eigenvalue weighted by atomic mass is 16.3. The van der Waals surface area contributed by atoms with E-state index in [2.05, 4.69) is 6.92 Å². The topological polar surface area (TPSA) is 46.2 Å². The smallest absolute Gasteiger partial charge is 0.0659 e. The molecule has 2 heteroatoms. The number of nitrogens with two attached hydrogens (primary N) is 1. The maximum atomic E-state index is 10.1. The van der Waals surface area contributed by atoms with Crippen LogP contribution in [-0.2, 0) is 0 Å². The zero-order chi connectivity index (χ0) is 10.1. The Morgan fingerprint density at radius 2 is 2.15 bits per heavy atom. The van der Waals surface area contributed by atoms with Gasteiger partial charge in [-0.25, -0.2) is 0 Å². The summed E-state index contributed by atoms with van der Waals surface area (Å²) in [6, 6.07) is 0. The Bertz CT molecular complexity index is 173. The average Bonchev–Trinajstić information content (AvgIpc) is 2.02. The number of hydrogen-bond donors (Lipinski definition) is 2. The molecule has 1 aliphatic carbocycles. The lowest BCUT2D eigenvalue weighted by Crippen LogP contribution is -2.51. The Labute approximate surface area is 81.5 Å². The van der Waals surface area contributed by atoms with Crippen LogP contribution in [-0.4, -0.2) is 17.3 Å². The van der Waals surface area contributed by atoms with Crippen molar-refractivity contribution in [3.05, 3.63) is 0 Å². The van der Waals surface area contributed by atoms with Crippen molar-refractivity contribution in [3.8, 4) is 0 Å². The molecule has 0 saturated heterocycles. The van der Waals surface area contributed by atoms with Crippen molar-refractivity contribution in [2.45, 2.75) is 52.1 Å². The lowest BCUT2D eigenvalue weighted by molar-refractivity contribution is -0.0805. The van der Waals surface area contributed by atoms with Crippen LogP contribution in [0.25, 0.3) is 0 Å². The minimum Gasteiger partial charge on any atom is -0.390 e. The molecule has 0 aliphatic heterocycles. The van der Waals surface area contributed by atoms with Gasteiger partial charge in [0.1, 0.15) is 0 Å². The van der Waals surface area contributed by atoms with Crippen LogP contribution in [0.1, 0.15) is 46.5 Å². The standard InChI is InChI=1S/C11H23NO/c1-9-5-4-6-11(7-9,8-12)10(2,3)13/h9,13H,4-8,12H2,1-3H3. The van der Waals surface area contributed by atoms with Gasteiger partial charge in [0.2, 0.25) is 0 Å². The first-order chi connectivity index (χ1) is 5.91. The molecule has 0 bridgehead atoms. The molecule has 3 N–H and O–H groups in total. The molecule has 1 fully saturated rings. The summed E-state index contributed by atoms with van der Waals surface area (Å²) in [5, 5.41) is 10.1. The quantitative estimate of drug-likeness (QED) is 0.690. The van der Waals surface area contributed by atoms with Crippen molar-refractivity contribution in [3.63, 3.8) is 0 Å². The van der Waals surface area contributed by atoms with E-state index in [1.165, 1.54) is 12.8 Å². The predicted octanol–water partition coefficient (Wildman–Crippen LogP) is 1.91. The van der Waals surface area contributed by atoms with Crippen LogP contribution in [0.2, 0.25) is 0 Å².